The molecule has 0 heterocycles. The van der Waals surface area contributed by atoms with Gasteiger partial charge in [-0.25, -0.2) is 9.18 Å². The summed E-state index contributed by atoms with van der Waals surface area (Å²) in [5, 5.41) is 9.44. The van der Waals surface area contributed by atoms with E-state index in [0.717, 1.165) is 0 Å². The summed E-state index contributed by atoms with van der Waals surface area (Å²) in [6, 6.07) is 4.81. The predicted molar refractivity (Wildman–Crippen MR) is 63.8 cm³/mol. The first-order chi connectivity index (χ1) is 7.57. The Bertz CT molecular complexity index is 375. The van der Waals surface area contributed by atoms with Crippen LogP contribution in [-0.4, -0.2) is 23.9 Å². The molecule has 1 aromatic rings. The fourth-order valence-corrected chi connectivity index (χ4v) is 1.30. The van der Waals surface area contributed by atoms with Crippen molar-refractivity contribution in [1.29, 1.82) is 0 Å². The lowest BCUT2D eigenvalue weighted by atomic mass is 10.0. The van der Waals surface area contributed by atoms with Crippen molar-refractivity contribution >= 4 is 18.4 Å². The normalized spacial score (nSPS) is 13.4. The number of para-hydroxylation sites is 1. The minimum Gasteiger partial charge on any atom is -0.508 e. The zero-order valence-electron chi connectivity index (χ0n) is 9.30. The number of hydrogen-bond donors (Lipinski definition) is 2. The first kappa shape index (κ1) is 15.7. The third-order valence-electron chi connectivity index (χ3n) is 2.12. The molecule has 0 amide bonds. The molecule has 0 aliphatic heterocycles. The maximum atomic E-state index is 13.5. The molecule has 1 aromatic carbocycles. The molecule has 0 saturated carbocycles. The molecular formula is C11H15ClFNO3. The SMILES string of the molecule is CCOC(=O)C(F)[C@H](N)c1ccccc1O.Cl. The minimum atomic E-state index is -1.98. The second-order valence-corrected chi connectivity index (χ2v) is 3.24. The van der Waals surface area contributed by atoms with E-state index in [9.17, 15) is 14.3 Å². The van der Waals surface area contributed by atoms with E-state index in [2.05, 4.69) is 4.74 Å². The third-order valence-corrected chi connectivity index (χ3v) is 2.12. The summed E-state index contributed by atoms with van der Waals surface area (Å²) in [4.78, 5) is 11.1. The molecule has 1 rings (SSSR count). The van der Waals surface area contributed by atoms with Gasteiger partial charge >= 0.3 is 5.97 Å². The van der Waals surface area contributed by atoms with Crippen LogP contribution in [0.5, 0.6) is 5.75 Å². The van der Waals surface area contributed by atoms with Crippen molar-refractivity contribution in [2.75, 3.05) is 6.61 Å². The smallest absolute Gasteiger partial charge is 0.342 e. The van der Waals surface area contributed by atoms with E-state index >= 15 is 0 Å². The van der Waals surface area contributed by atoms with Crippen LogP contribution in [0.2, 0.25) is 0 Å². The van der Waals surface area contributed by atoms with Crippen LogP contribution in [-0.2, 0) is 9.53 Å². The van der Waals surface area contributed by atoms with E-state index in [0.29, 0.717) is 0 Å². The van der Waals surface area contributed by atoms with Gasteiger partial charge in [0.25, 0.3) is 0 Å². The number of carbonyl (C=O) groups excluding carboxylic acids is 1. The molecule has 0 saturated heterocycles. The van der Waals surface area contributed by atoms with Crippen LogP contribution >= 0.6 is 12.4 Å². The van der Waals surface area contributed by atoms with Crippen LogP contribution in [0.1, 0.15) is 18.5 Å². The molecular weight excluding hydrogens is 249 g/mol. The topological polar surface area (TPSA) is 72.5 Å². The van der Waals surface area contributed by atoms with Crippen LogP contribution in [0.15, 0.2) is 24.3 Å². The monoisotopic (exact) mass is 263 g/mol. The number of carbonyl (C=O) groups is 1. The van der Waals surface area contributed by atoms with Crippen molar-refractivity contribution in [3.63, 3.8) is 0 Å². The Hall–Kier alpha value is -1.33. The molecule has 1 unspecified atom stereocenters. The van der Waals surface area contributed by atoms with Gasteiger partial charge < -0.3 is 15.6 Å². The van der Waals surface area contributed by atoms with Crippen molar-refractivity contribution in [1.82, 2.24) is 0 Å². The van der Waals surface area contributed by atoms with Gasteiger partial charge in [-0.1, -0.05) is 18.2 Å². The number of halogens is 2. The Morgan fingerprint density at radius 1 is 1.53 bits per heavy atom. The number of phenolic OH excluding ortho intramolecular Hbond substituents is 1. The Kier molecular flexibility index (Phi) is 6.53. The molecule has 0 fully saturated rings. The molecule has 2 atom stereocenters. The average Bonchev–Trinajstić information content (AvgIpc) is 2.28. The molecule has 0 aliphatic carbocycles. The van der Waals surface area contributed by atoms with Gasteiger partial charge in [-0.2, -0.15) is 0 Å². The maximum absolute atomic E-state index is 13.5. The number of aromatic hydroxyl groups is 1. The molecule has 96 valence electrons. The highest BCUT2D eigenvalue weighted by molar-refractivity contribution is 5.85. The van der Waals surface area contributed by atoms with Gasteiger partial charge in [-0.05, 0) is 13.0 Å². The van der Waals surface area contributed by atoms with E-state index in [-0.39, 0.29) is 30.3 Å². The predicted octanol–water partition coefficient (Wildman–Crippen LogP) is 1.71. The number of phenols is 1. The number of esters is 1. The fraction of sp³-hybridized carbons (Fsp3) is 0.364. The van der Waals surface area contributed by atoms with E-state index in [4.69, 9.17) is 5.73 Å². The second-order valence-electron chi connectivity index (χ2n) is 3.24. The Morgan fingerprint density at radius 2 is 2.12 bits per heavy atom. The molecule has 0 aromatic heterocycles. The lowest BCUT2D eigenvalue weighted by Crippen LogP contribution is -2.31. The van der Waals surface area contributed by atoms with Gasteiger partial charge in [0.1, 0.15) is 5.75 Å². The van der Waals surface area contributed by atoms with E-state index in [1.165, 1.54) is 12.1 Å². The Morgan fingerprint density at radius 3 is 2.65 bits per heavy atom. The zero-order valence-corrected chi connectivity index (χ0v) is 10.1. The zero-order chi connectivity index (χ0) is 12.1. The standard InChI is InChI=1S/C11H14FNO3.ClH/c1-2-16-11(15)9(12)10(13)7-5-3-4-6-8(7)14;/h3-6,9-10,14H,2,13H2,1H3;1H/t9?,10-;/m1./s1. The highest BCUT2D eigenvalue weighted by Gasteiger charge is 2.29. The summed E-state index contributed by atoms with van der Waals surface area (Å²) in [5.41, 5.74) is 5.72. The van der Waals surface area contributed by atoms with E-state index in [1.54, 1.807) is 19.1 Å². The quantitative estimate of drug-likeness (QED) is 0.812. The van der Waals surface area contributed by atoms with Crippen LogP contribution in [0.25, 0.3) is 0 Å². The number of nitrogens with two attached hydrogens (primary N) is 1. The molecule has 17 heavy (non-hydrogen) atoms. The van der Waals surface area contributed by atoms with Gasteiger partial charge in [0, 0.05) is 5.56 Å². The van der Waals surface area contributed by atoms with Gasteiger partial charge in [-0.3, -0.25) is 0 Å². The second kappa shape index (κ2) is 7.09. The summed E-state index contributed by atoms with van der Waals surface area (Å²) in [5.74, 6) is -1.15. The minimum absolute atomic E-state index is 0. The van der Waals surface area contributed by atoms with Gasteiger partial charge in [0.2, 0.25) is 6.17 Å². The number of benzene rings is 1. The summed E-state index contributed by atoms with van der Waals surface area (Å²) in [6.07, 6.45) is -1.98. The van der Waals surface area contributed by atoms with Crippen molar-refractivity contribution in [2.45, 2.75) is 19.1 Å². The largest absolute Gasteiger partial charge is 0.508 e. The van der Waals surface area contributed by atoms with Gasteiger partial charge in [-0.15, -0.1) is 12.4 Å². The molecule has 4 nitrogen and oxygen atoms in total. The van der Waals surface area contributed by atoms with Crippen LogP contribution < -0.4 is 5.73 Å². The third kappa shape index (κ3) is 3.87. The van der Waals surface area contributed by atoms with Gasteiger partial charge in [0.15, 0.2) is 0 Å². The number of hydrogen-bond acceptors (Lipinski definition) is 4. The summed E-state index contributed by atoms with van der Waals surface area (Å²) in [7, 11) is 0. The van der Waals surface area contributed by atoms with Crippen LogP contribution in [0.3, 0.4) is 0 Å². The molecule has 3 N–H and O–H groups in total. The number of ether oxygens (including phenoxy) is 1. The molecule has 6 heteroatoms. The average molecular weight is 264 g/mol. The van der Waals surface area contributed by atoms with Crippen LogP contribution in [0, 0.1) is 0 Å². The molecule has 0 spiro atoms. The summed E-state index contributed by atoms with van der Waals surface area (Å²) >= 11 is 0. The van der Waals surface area contributed by atoms with Gasteiger partial charge in [0.05, 0.1) is 12.6 Å². The number of alkyl halides is 1. The van der Waals surface area contributed by atoms with Crippen molar-refractivity contribution in [2.24, 2.45) is 5.73 Å². The lowest BCUT2D eigenvalue weighted by Gasteiger charge is -2.16. The van der Waals surface area contributed by atoms with Crippen molar-refractivity contribution < 1.29 is 19.0 Å². The highest BCUT2D eigenvalue weighted by atomic mass is 35.5. The van der Waals surface area contributed by atoms with E-state index in [1.807, 2.05) is 0 Å². The lowest BCUT2D eigenvalue weighted by molar-refractivity contribution is -0.149. The first-order valence-electron chi connectivity index (χ1n) is 4.92. The number of rotatable bonds is 4. The van der Waals surface area contributed by atoms with E-state index < -0.39 is 18.2 Å². The summed E-state index contributed by atoms with van der Waals surface area (Å²) < 4.78 is 18.0. The molecule has 0 aliphatic rings. The molecule has 0 bridgehead atoms. The van der Waals surface area contributed by atoms with Crippen molar-refractivity contribution in [3.05, 3.63) is 29.8 Å². The highest BCUT2D eigenvalue weighted by Crippen LogP contribution is 2.26. The van der Waals surface area contributed by atoms with Crippen molar-refractivity contribution in [3.8, 4) is 5.75 Å². The molecule has 0 radical (unpaired) electrons. The Balaban J connectivity index is 0.00000256. The maximum Gasteiger partial charge on any atom is 0.342 e. The first-order valence-corrected chi connectivity index (χ1v) is 4.92. The fourth-order valence-electron chi connectivity index (χ4n) is 1.30. The summed E-state index contributed by atoms with van der Waals surface area (Å²) in [6.45, 7) is 1.67. The van der Waals surface area contributed by atoms with Crippen LogP contribution in [0.4, 0.5) is 4.39 Å². The Labute approximate surface area is 105 Å².